The van der Waals surface area contributed by atoms with Gasteiger partial charge in [-0.3, -0.25) is 0 Å². The summed E-state index contributed by atoms with van der Waals surface area (Å²) in [7, 11) is -2.09. The number of rotatable bonds is 7. The van der Waals surface area contributed by atoms with Crippen LogP contribution >= 0.6 is 0 Å². The Kier molecular flexibility index (Phi) is 5.71. The number of aromatic nitrogens is 1. The lowest BCUT2D eigenvalue weighted by Crippen LogP contribution is -2.29. The fourth-order valence-electron chi connectivity index (χ4n) is 1.48. The molecule has 20 heavy (non-hydrogen) atoms. The number of ether oxygens (including phenoxy) is 1. The molecule has 0 spiro atoms. The summed E-state index contributed by atoms with van der Waals surface area (Å²) in [5, 5.41) is 2.78. The van der Waals surface area contributed by atoms with Gasteiger partial charge in [0.15, 0.2) is 0 Å². The van der Waals surface area contributed by atoms with Gasteiger partial charge in [-0.1, -0.05) is 6.92 Å². The van der Waals surface area contributed by atoms with Gasteiger partial charge in [-0.05, 0) is 6.07 Å². The summed E-state index contributed by atoms with van der Waals surface area (Å²) in [6.07, 6.45) is 1.37. The van der Waals surface area contributed by atoms with Gasteiger partial charge in [-0.15, -0.1) is 0 Å². The maximum absolute atomic E-state index is 11.6. The summed E-state index contributed by atoms with van der Waals surface area (Å²) in [4.78, 5) is 15.5. The minimum Gasteiger partial charge on any atom is -0.465 e. The summed E-state index contributed by atoms with van der Waals surface area (Å²) in [5.41, 5.74) is 6.03. The molecule has 9 heteroatoms. The molecule has 1 aromatic rings. The topological polar surface area (TPSA) is 123 Å². The van der Waals surface area contributed by atoms with E-state index in [1.165, 1.54) is 19.4 Å². The van der Waals surface area contributed by atoms with Crippen molar-refractivity contribution in [1.29, 1.82) is 0 Å². The van der Waals surface area contributed by atoms with Crippen LogP contribution in [0.1, 0.15) is 17.3 Å². The van der Waals surface area contributed by atoms with Gasteiger partial charge < -0.3 is 15.8 Å². The van der Waals surface area contributed by atoms with E-state index in [2.05, 4.69) is 19.8 Å². The van der Waals surface area contributed by atoms with Crippen LogP contribution in [0.3, 0.4) is 0 Å². The Labute approximate surface area is 117 Å². The van der Waals surface area contributed by atoms with Crippen LogP contribution in [0.25, 0.3) is 0 Å². The van der Waals surface area contributed by atoms with E-state index in [0.717, 1.165) is 0 Å². The third kappa shape index (κ3) is 4.67. The van der Waals surface area contributed by atoms with Crippen molar-refractivity contribution in [3.8, 4) is 0 Å². The predicted octanol–water partition coefficient (Wildman–Crippen LogP) is -0.198. The number of hydrogen-bond acceptors (Lipinski definition) is 7. The maximum Gasteiger partial charge on any atom is 0.341 e. The molecule has 0 saturated carbocycles. The zero-order chi connectivity index (χ0) is 15.2. The number of pyridine rings is 1. The van der Waals surface area contributed by atoms with Crippen molar-refractivity contribution in [1.82, 2.24) is 9.71 Å². The van der Waals surface area contributed by atoms with E-state index in [4.69, 9.17) is 5.73 Å². The van der Waals surface area contributed by atoms with Gasteiger partial charge in [0.1, 0.15) is 11.4 Å². The van der Waals surface area contributed by atoms with E-state index in [0.29, 0.717) is 12.2 Å². The third-order valence-corrected chi connectivity index (χ3v) is 3.81. The number of esters is 1. The van der Waals surface area contributed by atoms with Crippen LogP contribution < -0.4 is 15.8 Å². The second-order valence-electron chi connectivity index (χ2n) is 3.90. The first-order chi connectivity index (χ1) is 9.39. The average Bonchev–Trinajstić information content (AvgIpc) is 2.39. The molecule has 0 amide bonds. The zero-order valence-electron chi connectivity index (χ0n) is 11.3. The molecule has 1 rings (SSSR count). The van der Waals surface area contributed by atoms with Crippen LogP contribution in [0.5, 0.6) is 0 Å². The molecule has 0 aliphatic carbocycles. The monoisotopic (exact) mass is 302 g/mol. The molecular weight excluding hydrogens is 284 g/mol. The molecule has 8 nitrogen and oxygen atoms in total. The molecule has 0 saturated heterocycles. The first-order valence-electron chi connectivity index (χ1n) is 5.94. The van der Waals surface area contributed by atoms with Gasteiger partial charge >= 0.3 is 5.97 Å². The number of nitrogen functional groups attached to an aromatic ring is 1. The number of nitrogens with one attached hydrogen (secondary N) is 2. The Morgan fingerprint density at radius 1 is 1.50 bits per heavy atom. The van der Waals surface area contributed by atoms with Crippen molar-refractivity contribution in [2.45, 2.75) is 6.92 Å². The normalized spacial score (nSPS) is 11.1. The molecule has 0 unspecified atom stereocenters. The maximum atomic E-state index is 11.6. The van der Waals surface area contributed by atoms with E-state index in [-0.39, 0.29) is 23.7 Å². The number of nitrogens with zero attached hydrogens (tertiary/aromatic N) is 1. The van der Waals surface area contributed by atoms with Crippen molar-refractivity contribution in [2.24, 2.45) is 0 Å². The molecule has 0 bridgehead atoms. The predicted molar refractivity (Wildman–Crippen MR) is 75.9 cm³/mol. The summed E-state index contributed by atoms with van der Waals surface area (Å²) in [5.74, 6) is -0.493. The summed E-state index contributed by atoms with van der Waals surface area (Å²) >= 11 is 0. The lowest BCUT2D eigenvalue weighted by molar-refractivity contribution is 0.0601. The molecule has 4 N–H and O–H groups in total. The van der Waals surface area contributed by atoms with Crippen LogP contribution in [-0.4, -0.2) is 45.3 Å². The molecule has 112 valence electrons. The Balaban J connectivity index is 2.76. The van der Waals surface area contributed by atoms with E-state index in [1.807, 2.05) is 0 Å². The quantitative estimate of drug-likeness (QED) is 0.596. The van der Waals surface area contributed by atoms with E-state index < -0.39 is 16.0 Å². The van der Waals surface area contributed by atoms with Gasteiger partial charge in [-0.25, -0.2) is 22.9 Å². The number of hydrogen-bond donors (Lipinski definition) is 3. The zero-order valence-corrected chi connectivity index (χ0v) is 12.2. The van der Waals surface area contributed by atoms with Crippen molar-refractivity contribution in [3.63, 3.8) is 0 Å². The Hall–Kier alpha value is -1.87. The molecule has 0 aliphatic rings. The molecule has 0 radical (unpaired) electrons. The van der Waals surface area contributed by atoms with Crippen molar-refractivity contribution in [2.75, 3.05) is 37.0 Å². The largest absolute Gasteiger partial charge is 0.465 e. The molecule has 0 aromatic carbocycles. The minimum absolute atomic E-state index is 0.107. The SMILES string of the molecule is CCNS(=O)(=O)CCNc1ncc(N)cc1C(=O)OC. The molecule has 0 fully saturated rings. The highest BCUT2D eigenvalue weighted by Gasteiger charge is 2.15. The molecular formula is C11H18N4O4S. The van der Waals surface area contributed by atoms with Crippen LogP contribution in [-0.2, 0) is 14.8 Å². The summed E-state index contributed by atoms with van der Waals surface area (Å²) in [6.45, 7) is 2.13. The molecule has 0 atom stereocenters. The minimum atomic E-state index is -3.33. The van der Waals surface area contributed by atoms with E-state index in [9.17, 15) is 13.2 Å². The molecule has 1 aromatic heterocycles. The third-order valence-electron chi connectivity index (χ3n) is 2.34. The average molecular weight is 302 g/mol. The van der Waals surface area contributed by atoms with Crippen LogP contribution in [0.2, 0.25) is 0 Å². The van der Waals surface area contributed by atoms with E-state index >= 15 is 0 Å². The Bertz CT molecular complexity index is 574. The lowest BCUT2D eigenvalue weighted by atomic mass is 10.2. The highest BCUT2D eigenvalue weighted by atomic mass is 32.2. The Morgan fingerprint density at radius 3 is 2.80 bits per heavy atom. The smallest absolute Gasteiger partial charge is 0.341 e. The number of anilines is 2. The molecule has 1 heterocycles. The lowest BCUT2D eigenvalue weighted by Gasteiger charge is -2.10. The highest BCUT2D eigenvalue weighted by molar-refractivity contribution is 7.89. The van der Waals surface area contributed by atoms with Crippen LogP contribution in [0.15, 0.2) is 12.3 Å². The van der Waals surface area contributed by atoms with Gasteiger partial charge in [0.05, 0.1) is 24.7 Å². The van der Waals surface area contributed by atoms with Crippen molar-refractivity contribution in [3.05, 3.63) is 17.8 Å². The van der Waals surface area contributed by atoms with E-state index in [1.54, 1.807) is 6.92 Å². The fraction of sp³-hybridized carbons (Fsp3) is 0.455. The standard InChI is InChI=1S/C11H18N4O4S/c1-3-15-20(17,18)5-4-13-10-9(11(16)19-2)6-8(12)7-14-10/h6-7,15H,3-5,12H2,1-2H3,(H,13,14). The second kappa shape index (κ2) is 7.06. The number of sulfonamides is 1. The van der Waals surface area contributed by atoms with Crippen LogP contribution in [0, 0.1) is 0 Å². The van der Waals surface area contributed by atoms with Crippen molar-refractivity contribution < 1.29 is 17.9 Å². The number of carbonyl (C=O) groups is 1. The summed E-state index contributed by atoms with van der Waals surface area (Å²) in [6, 6.07) is 1.42. The number of methoxy groups -OCH3 is 1. The number of nitrogens with two attached hydrogens (primary N) is 1. The van der Waals surface area contributed by atoms with Gasteiger partial charge in [0.25, 0.3) is 0 Å². The number of carbonyl (C=O) groups excluding carboxylic acids is 1. The fourth-order valence-corrected chi connectivity index (χ4v) is 2.44. The molecule has 0 aliphatic heterocycles. The first kappa shape index (κ1) is 16.2. The van der Waals surface area contributed by atoms with Gasteiger partial charge in [0.2, 0.25) is 10.0 Å². The summed E-state index contributed by atoms with van der Waals surface area (Å²) < 4.78 is 29.9. The van der Waals surface area contributed by atoms with Gasteiger partial charge in [0, 0.05) is 13.1 Å². The van der Waals surface area contributed by atoms with Gasteiger partial charge in [-0.2, -0.15) is 0 Å². The first-order valence-corrected chi connectivity index (χ1v) is 7.60. The van der Waals surface area contributed by atoms with Crippen molar-refractivity contribution >= 4 is 27.5 Å². The Morgan fingerprint density at radius 2 is 2.20 bits per heavy atom. The highest BCUT2D eigenvalue weighted by Crippen LogP contribution is 2.16. The second-order valence-corrected chi connectivity index (χ2v) is 5.83. The van der Waals surface area contributed by atoms with Crippen LogP contribution in [0.4, 0.5) is 11.5 Å².